The van der Waals surface area contributed by atoms with Crippen molar-refractivity contribution < 1.29 is 0 Å². The summed E-state index contributed by atoms with van der Waals surface area (Å²) in [7, 11) is 0. The number of aromatic nitrogens is 4. The van der Waals surface area contributed by atoms with Crippen molar-refractivity contribution in [1.29, 1.82) is 0 Å². The van der Waals surface area contributed by atoms with Crippen molar-refractivity contribution in [2.75, 3.05) is 0 Å². The number of hydrogen-bond donors (Lipinski definition) is 0. The van der Waals surface area contributed by atoms with Gasteiger partial charge in [-0.1, -0.05) is 72.8 Å². The molecule has 9 aromatic rings. The maximum atomic E-state index is 5.32. The van der Waals surface area contributed by atoms with Crippen LogP contribution in [0.15, 0.2) is 134 Å². The van der Waals surface area contributed by atoms with Crippen molar-refractivity contribution in [3.8, 4) is 11.5 Å². The van der Waals surface area contributed by atoms with Gasteiger partial charge in [-0.2, -0.15) is 0 Å². The first kappa shape index (κ1) is 21.5. The second kappa shape index (κ2) is 8.01. The number of nitrogens with zero attached hydrogens (tertiary/aromatic N) is 4. The zero-order valence-electron chi connectivity index (χ0n) is 21.5. The summed E-state index contributed by atoms with van der Waals surface area (Å²) in [5.41, 5.74) is 7.72. The molecule has 5 aromatic carbocycles. The van der Waals surface area contributed by atoms with Crippen LogP contribution in [0.2, 0.25) is 0 Å². The Kier molecular flexibility index (Phi) is 4.30. The van der Waals surface area contributed by atoms with Crippen molar-refractivity contribution in [1.82, 2.24) is 19.1 Å². The fraction of sp³-hybridized carbons (Fsp3) is 0. The predicted octanol–water partition coefficient (Wildman–Crippen LogP) is 8.98. The van der Waals surface area contributed by atoms with Gasteiger partial charge in [-0.3, -0.25) is 9.55 Å². The molecule has 0 saturated carbocycles. The minimum Gasteiger partial charge on any atom is -0.307 e. The van der Waals surface area contributed by atoms with E-state index < -0.39 is 0 Å². The molecular formula is C36H22N4. The fourth-order valence-electron chi connectivity index (χ4n) is 6.44. The van der Waals surface area contributed by atoms with E-state index in [1.54, 1.807) is 0 Å². The van der Waals surface area contributed by atoms with Crippen LogP contribution in [-0.2, 0) is 0 Å². The molecule has 0 spiro atoms. The van der Waals surface area contributed by atoms with E-state index in [1.165, 1.54) is 32.6 Å². The molecule has 186 valence electrons. The Labute approximate surface area is 229 Å². The van der Waals surface area contributed by atoms with E-state index in [1.807, 2.05) is 12.3 Å². The zero-order valence-corrected chi connectivity index (χ0v) is 21.5. The van der Waals surface area contributed by atoms with Gasteiger partial charge in [0.25, 0.3) is 0 Å². The number of hydrogen-bond acceptors (Lipinski definition) is 2. The Balaban J connectivity index is 1.51. The lowest BCUT2D eigenvalue weighted by atomic mass is 10.1. The second-order valence-electron chi connectivity index (χ2n) is 10.3. The number of pyridine rings is 2. The van der Waals surface area contributed by atoms with Crippen LogP contribution < -0.4 is 0 Å². The van der Waals surface area contributed by atoms with Gasteiger partial charge in [0, 0.05) is 44.2 Å². The van der Waals surface area contributed by atoms with Crippen LogP contribution >= 0.6 is 0 Å². The summed E-state index contributed by atoms with van der Waals surface area (Å²) in [6.45, 7) is 0. The molecule has 4 nitrogen and oxygen atoms in total. The molecular weight excluding hydrogens is 488 g/mol. The zero-order chi connectivity index (χ0) is 26.2. The van der Waals surface area contributed by atoms with E-state index in [0.717, 1.165) is 44.3 Å². The van der Waals surface area contributed by atoms with Crippen molar-refractivity contribution in [3.05, 3.63) is 134 Å². The van der Waals surface area contributed by atoms with Crippen LogP contribution in [0.1, 0.15) is 0 Å². The maximum Gasteiger partial charge on any atom is 0.138 e. The van der Waals surface area contributed by atoms with Crippen LogP contribution in [0.25, 0.3) is 76.9 Å². The number of benzene rings is 5. The largest absolute Gasteiger partial charge is 0.307 e. The molecule has 0 unspecified atom stereocenters. The van der Waals surface area contributed by atoms with Gasteiger partial charge < -0.3 is 4.57 Å². The van der Waals surface area contributed by atoms with E-state index >= 15 is 0 Å². The third-order valence-electron chi connectivity index (χ3n) is 8.14. The smallest absolute Gasteiger partial charge is 0.138 e. The highest BCUT2D eigenvalue weighted by atomic mass is 15.1. The lowest BCUT2D eigenvalue weighted by Crippen LogP contribution is -2.01. The summed E-state index contributed by atoms with van der Waals surface area (Å²) in [4.78, 5) is 9.91. The van der Waals surface area contributed by atoms with Crippen LogP contribution in [0.4, 0.5) is 0 Å². The maximum absolute atomic E-state index is 5.32. The first-order valence-electron chi connectivity index (χ1n) is 13.5. The number of fused-ring (bicyclic) bond motifs is 10. The first-order chi connectivity index (χ1) is 19.9. The monoisotopic (exact) mass is 510 g/mol. The minimum atomic E-state index is 0.896. The average molecular weight is 511 g/mol. The molecule has 0 aliphatic heterocycles. The standard InChI is InChI=1S/C36H22N4/c1-2-9-24(10-3-1)39-31-14-6-4-11-25(31)27-18-19-28-26-12-5-7-15-32(26)40(36(28)35(27)39)33-21-17-23-16-20-30-29(34(23)38-33)13-8-22-37-30/h1-22H. The van der Waals surface area contributed by atoms with Crippen LogP contribution in [0.3, 0.4) is 0 Å². The third kappa shape index (κ3) is 2.85. The van der Waals surface area contributed by atoms with Gasteiger partial charge in [0.1, 0.15) is 5.82 Å². The molecule has 9 rings (SSSR count). The van der Waals surface area contributed by atoms with Crippen LogP contribution in [-0.4, -0.2) is 19.1 Å². The van der Waals surface area contributed by atoms with Crippen LogP contribution in [0.5, 0.6) is 0 Å². The molecule has 0 N–H and O–H groups in total. The first-order valence-corrected chi connectivity index (χ1v) is 13.5. The molecule has 0 saturated heterocycles. The van der Waals surface area contributed by atoms with Crippen molar-refractivity contribution in [3.63, 3.8) is 0 Å². The van der Waals surface area contributed by atoms with Gasteiger partial charge in [0.2, 0.25) is 0 Å². The highest BCUT2D eigenvalue weighted by molar-refractivity contribution is 6.23. The van der Waals surface area contributed by atoms with Gasteiger partial charge in [0.05, 0.1) is 33.1 Å². The molecule has 0 fully saturated rings. The van der Waals surface area contributed by atoms with E-state index in [0.29, 0.717) is 0 Å². The Morgan fingerprint density at radius 1 is 0.450 bits per heavy atom. The van der Waals surface area contributed by atoms with E-state index in [-0.39, 0.29) is 0 Å². The van der Waals surface area contributed by atoms with Gasteiger partial charge >= 0.3 is 0 Å². The Hall–Kier alpha value is -5.48. The molecule has 0 atom stereocenters. The van der Waals surface area contributed by atoms with Gasteiger partial charge in [-0.15, -0.1) is 0 Å². The van der Waals surface area contributed by atoms with Gasteiger partial charge in [-0.25, -0.2) is 4.98 Å². The second-order valence-corrected chi connectivity index (χ2v) is 10.3. The Morgan fingerprint density at radius 2 is 1.07 bits per heavy atom. The SMILES string of the molecule is c1ccc(-n2c3ccccc3c3ccc4c5ccccc5n(-c5ccc6ccc7ncccc7c6n5)c4c32)cc1. The lowest BCUT2D eigenvalue weighted by Gasteiger charge is -2.13. The molecule has 0 aliphatic carbocycles. The normalized spacial score (nSPS) is 12.0. The quantitative estimate of drug-likeness (QED) is 0.218. The van der Waals surface area contributed by atoms with E-state index in [9.17, 15) is 0 Å². The molecule has 4 heteroatoms. The van der Waals surface area contributed by atoms with Crippen molar-refractivity contribution in [2.45, 2.75) is 0 Å². The Bertz CT molecular complexity index is 2430. The number of rotatable bonds is 2. The molecule has 4 aromatic heterocycles. The van der Waals surface area contributed by atoms with Crippen molar-refractivity contribution in [2.24, 2.45) is 0 Å². The highest BCUT2D eigenvalue weighted by Gasteiger charge is 2.21. The Morgan fingerprint density at radius 3 is 1.85 bits per heavy atom. The molecule has 0 amide bonds. The molecule has 0 radical (unpaired) electrons. The summed E-state index contributed by atoms with van der Waals surface area (Å²) < 4.78 is 4.75. The van der Waals surface area contributed by atoms with Gasteiger partial charge in [0.15, 0.2) is 0 Å². The third-order valence-corrected chi connectivity index (χ3v) is 8.14. The summed E-state index contributed by atoms with van der Waals surface area (Å²) in [6, 6.07) is 45.2. The average Bonchev–Trinajstić information content (AvgIpc) is 3.54. The summed E-state index contributed by atoms with van der Waals surface area (Å²) in [5.74, 6) is 0.896. The highest BCUT2D eigenvalue weighted by Crippen LogP contribution is 2.41. The van der Waals surface area contributed by atoms with Gasteiger partial charge in [-0.05, 0) is 54.6 Å². The molecule has 4 heterocycles. The van der Waals surface area contributed by atoms with E-state index in [2.05, 4.69) is 135 Å². The summed E-state index contributed by atoms with van der Waals surface area (Å²) in [6.07, 6.45) is 1.84. The minimum absolute atomic E-state index is 0.896. The molecule has 0 aliphatic rings. The van der Waals surface area contributed by atoms with Crippen LogP contribution in [0, 0.1) is 0 Å². The van der Waals surface area contributed by atoms with Crippen molar-refractivity contribution >= 4 is 65.4 Å². The summed E-state index contributed by atoms with van der Waals surface area (Å²) >= 11 is 0. The molecule has 40 heavy (non-hydrogen) atoms. The van der Waals surface area contributed by atoms with E-state index in [4.69, 9.17) is 4.98 Å². The summed E-state index contributed by atoms with van der Waals surface area (Å²) in [5, 5.41) is 7.06. The lowest BCUT2D eigenvalue weighted by molar-refractivity contribution is 1.10. The fourth-order valence-corrected chi connectivity index (χ4v) is 6.44. The topological polar surface area (TPSA) is 35.6 Å². The predicted molar refractivity (Wildman–Crippen MR) is 166 cm³/mol. The molecule has 0 bridgehead atoms. The number of para-hydroxylation sites is 3.